The van der Waals surface area contributed by atoms with Gasteiger partial charge in [-0.3, -0.25) is 4.79 Å². The van der Waals surface area contributed by atoms with Gasteiger partial charge in [0.15, 0.2) is 11.5 Å². The van der Waals surface area contributed by atoms with Crippen LogP contribution in [0.25, 0.3) is 0 Å². The van der Waals surface area contributed by atoms with Gasteiger partial charge in [0.1, 0.15) is 5.82 Å². The number of para-hydroxylation sites is 1. The van der Waals surface area contributed by atoms with Crippen LogP contribution in [-0.4, -0.2) is 31.9 Å². The van der Waals surface area contributed by atoms with Crippen LogP contribution in [0.3, 0.4) is 0 Å². The fraction of sp³-hybridized carbons (Fsp3) is 0.222. The van der Waals surface area contributed by atoms with Crippen LogP contribution >= 0.6 is 0 Å². The number of carbonyl (C=O) groups is 1. The van der Waals surface area contributed by atoms with E-state index in [1.807, 2.05) is 0 Å². The van der Waals surface area contributed by atoms with Crippen LogP contribution in [0, 0.1) is 5.82 Å². The van der Waals surface area contributed by atoms with Gasteiger partial charge in [0.05, 0.1) is 19.0 Å². The molecule has 1 N–H and O–H groups in total. The summed E-state index contributed by atoms with van der Waals surface area (Å²) in [6, 6.07) is 9.87. The number of hydrogen-bond acceptors (Lipinski definition) is 5. The van der Waals surface area contributed by atoms with E-state index in [4.69, 9.17) is 9.57 Å². The molecule has 1 atom stereocenters. The van der Waals surface area contributed by atoms with Crippen molar-refractivity contribution in [1.82, 2.24) is 0 Å². The highest BCUT2D eigenvalue weighted by atomic mass is 19.3. The maximum Gasteiger partial charge on any atom is 0.387 e. The molecular weight excluding hydrogens is 365 g/mol. The van der Waals surface area contributed by atoms with Gasteiger partial charge in [0.25, 0.3) is 5.91 Å². The molecule has 0 aliphatic rings. The van der Waals surface area contributed by atoms with Crippen molar-refractivity contribution in [2.75, 3.05) is 12.4 Å². The van der Waals surface area contributed by atoms with Gasteiger partial charge in [-0.25, -0.2) is 4.39 Å². The molecular formula is C18H17F3N2O4. The minimum atomic E-state index is -2.98. The topological polar surface area (TPSA) is 69.2 Å². The van der Waals surface area contributed by atoms with Gasteiger partial charge >= 0.3 is 6.61 Å². The first-order valence-electron chi connectivity index (χ1n) is 7.78. The third-order valence-corrected chi connectivity index (χ3v) is 3.33. The van der Waals surface area contributed by atoms with E-state index in [1.54, 1.807) is 6.07 Å². The summed E-state index contributed by atoms with van der Waals surface area (Å²) in [4.78, 5) is 17.0. The van der Waals surface area contributed by atoms with Gasteiger partial charge in [-0.2, -0.15) is 8.78 Å². The number of ether oxygens (including phenoxy) is 2. The lowest BCUT2D eigenvalue weighted by molar-refractivity contribution is -0.126. The van der Waals surface area contributed by atoms with Gasteiger partial charge in [-0.1, -0.05) is 17.3 Å². The molecule has 0 spiro atoms. The smallest absolute Gasteiger partial charge is 0.387 e. The van der Waals surface area contributed by atoms with E-state index in [2.05, 4.69) is 15.2 Å². The van der Waals surface area contributed by atoms with Crippen LogP contribution in [0.2, 0.25) is 0 Å². The van der Waals surface area contributed by atoms with Gasteiger partial charge in [0.2, 0.25) is 6.10 Å². The number of anilines is 1. The Morgan fingerprint density at radius 2 is 1.93 bits per heavy atom. The summed E-state index contributed by atoms with van der Waals surface area (Å²) in [6.07, 6.45) is 0.269. The third kappa shape index (κ3) is 5.91. The number of nitrogens with zero attached hydrogens (tertiary/aromatic N) is 1. The fourth-order valence-corrected chi connectivity index (χ4v) is 1.99. The average Bonchev–Trinajstić information content (AvgIpc) is 2.64. The van der Waals surface area contributed by atoms with Crippen molar-refractivity contribution in [2.45, 2.75) is 19.6 Å². The Bertz CT molecular complexity index is 815. The highest BCUT2D eigenvalue weighted by Gasteiger charge is 2.16. The molecule has 0 aromatic heterocycles. The maximum absolute atomic E-state index is 13.5. The average molecular weight is 382 g/mol. The van der Waals surface area contributed by atoms with E-state index in [-0.39, 0.29) is 17.2 Å². The van der Waals surface area contributed by atoms with Gasteiger partial charge in [0, 0.05) is 5.56 Å². The first-order valence-corrected chi connectivity index (χ1v) is 7.78. The van der Waals surface area contributed by atoms with Gasteiger partial charge < -0.3 is 19.6 Å². The standard InChI is InChI=1S/C18H17F3N2O4/c1-11(17(24)23-14-6-4-3-5-13(14)19)27-22-10-12-7-8-15(26-18(20)21)16(9-12)25-2/h3-11,18H,1-2H3,(H,23,24)/b22-10-/t11-/m1/s1. The number of amides is 1. The molecule has 2 aromatic rings. The summed E-state index contributed by atoms with van der Waals surface area (Å²) in [5.74, 6) is -1.19. The second-order valence-electron chi connectivity index (χ2n) is 5.24. The van der Waals surface area contributed by atoms with Crippen molar-refractivity contribution < 1.29 is 32.3 Å². The van der Waals surface area contributed by atoms with Crippen molar-refractivity contribution in [1.29, 1.82) is 0 Å². The normalized spacial score (nSPS) is 12.1. The lowest BCUT2D eigenvalue weighted by Gasteiger charge is -2.11. The van der Waals surface area contributed by atoms with E-state index < -0.39 is 24.4 Å². The lowest BCUT2D eigenvalue weighted by Crippen LogP contribution is -2.26. The molecule has 9 heteroatoms. The molecule has 0 fully saturated rings. The summed E-state index contributed by atoms with van der Waals surface area (Å²) in [6.45, 7) is -1.54. The molecule has 0 radical (unpaired) electrons. The molecule has 27 heavy (non-hydrogen) atoms. The Labute approximate surface area is 153 Å². The van der Waals surface area contributed by atoms with E-state index in [1.165, 1.54) is 56.6 Å². The van der Waals surface area contributed by atoms with E-state index >= 15 is 0 Å². The Morgan fingerprint density at radius 3 is 2.59 bits per heavy atom. The number of alkyl halides is 2. The number of rotatable bonds is 8. The Kier molecular flexibility index (Phi) is 7.04. The molecule has 0 heterocycles. The molecule has 2 aromatic carbocycles. The second kappa shape index (κ2) is 9.46. The Hall–Kier alpha value is -3.23. The first-order chi connectivity index (χ1) is 12.9. The minimum absolute atomic E-state index is 0.0290. The van der Waals surface area contributed by atoms with Crippen LogP contribution in [0.1, 0.15) is 12.5 Å². The van der Waals surface area contributed by atoms with Crippen LogP contribution in [0.4, 0.5) is 18.9 Å². The second-order valence-corrected chi connectivity index (χ2v) is 5.24. The largest absolute Gasteiger partial charge is 0.493 e. The summed E-state index contributed by atoms with van der Waals surface area (Å²) < 4.78 is 47.4. The van der Waals surface area contributed by atoms with E-state index in [9.17, 15) is 18.0 Å². The minimum Gasteiger partial charge on any atom is -0.493 e. The van der Waals surface area contributed by atoms with Crippen LogP contribution < -0.4 is 14.8 Å². The zero-order valence-corrected chi connectivity index (χ0v) is 14.5. The molecule has 6 nitrogen and oxygen atoms in total. The van der Waals surface area contributed by atoms with E-state index in [0.717, 1.165) is 0 Å². The quantitative estimate of drug-likeness (QED) is 0.557. The number of hydrogen-bond donors (Lipinski definition) is 1. The molecule has 0 unspecified atom stereocenters. The Morgan fingerprint density at radius 1 is 1.19 bits per heavy atom. The van der Waals surface area contributed by atoms with E-state index in [0.29, 0.717) is 5.56 Å². The third-order valence-electron chi connectivity index (χ3n) is 3.33. The fourth-order valence-electron chi connectivity index (χ4n) is 1.99. The molecule has 0 bridgehead atoms. The number of halogens is 3. The van der Waals surface area contributed by atoms with Crippen LogP contribution in [0.5, 0.6) is 11.5 Å². The summed E-state index contributed by atoms with van der Waals surface area (Å²) in [5.41, 5.74) is 0.497. The molecule has 0 aliphatic heterocycles. The monoisotopic (exact) mass is 382 g/mol. The Balaban J connectivity index is 1.96. The maximum atomic E-state index is 13.5. The lowest BCUT2D eigenvalue weighted by atomic mass is 10.2. The number of oxime groups is 1. The van der Waals surface area contributed by atoms with Crippen LogP contribution in [0.15, 0.2) is 47.6 Å². The predicted molar refractivity (Wildman–Crippen MR) is 92.8 cm³/mol. The zero-order valence-electron chi connectivity index (χ0n) is 14.5. The molecule has 144 valence electrons. The van der Waals surface area contributed by atoms with Crippen molar-refractivity contribution >= 4 is 17.8 Å². The molecule has 0 saturated carbocycles. The number of methoxy groups -OCH3 is 1. The van der Waals surface area contributed by atoms with Crippen molar-refractivity contribution in [3.05, 3.63) is 53.8 Å². The first kappa shape index (κ1) is 20.1. The number of nitrogens with one attached hydrogen (secondary N) is 1. The zero-order chi connectivity index (χ0) is 19.8. The molecule has 0 saturated heterocycles. The van der Waals surface area contributed by atoms with Crippen molar-refractivity contribution in [2.24, 2.45) is 5.16 Å². The van der Waals surface area contributed by atoms with Crippen LogP contribution in [-0.2, 0) is 9.63 Å². The van der Waals surface area contributed by atoms with Gasteiger partial charge in [-0.05, 0) is 37.3 Å². The number of carbonyl (C=O) groups excluding carboxylic acids is 1. The SMILES string of the molecule is COc1cc(/C=N\O[C@H](C)C(=O)Nc2ccccc2F)ccc1OC(F)F. The number of benzene rings is 2. The van der Waals surface area contributed by atoms with Gasteiger partial charge in [-0.15, -0.1) is 0 Å². The molecule has 0 aliphatic carbocycles. The molecule has 1 amide bonds. The predicted octanol–water partition coefficient (Wildman–Crippen LogP) is 3.81. The summed E-state index contributed by atoms with van der Waals surface area (Å²) in [5, 5.41) is 6.05. The highest BCUT2D eigenvalue weighted by Crippen LogP contribution is 2.28. The molecule has 2 rings (SSSR count). The summed E-state index contributed by atoms with van der Waals surface area (Å²) >= 11 is 0. The van der Waals surface area contributed by atoms with Crippen molar-refractivity contribution in [3.8, 4) is 11.5 Å². The summed E-state index contributed by atoms with van der Waals surface area (Å²) in [7, 11) is 1.31. The highest BCUT2D eigenvalue weighted by molar-refractivity contribution is 5.94. The van der Waals surface area contributed by atoms with Crippen molar-refractivity contribution in [3.63, 3.8) is 0 Å².